The van der Waals surface area contributed by atoms with E-state index in [4.69, 9.17) is 4.42 Å². The Balaban J connectivity index is 1.60. The van der Waals surface area contributed by atoms with Crippen molar-refractivity contribution < 1.29 is 31.9 Å². The zero-order valence-corrected chi connectivity index (χ0v) is 15.4. The number of carbonyl (C=O) groups excluding carboxylic acids is 2. The second-order valence-electron chi connectivity index (χ2n) is 6.55. The van der Waals surface area contributed by atoms with Crippen LogP contribution in [0.5, 0.6) is 5.75 Å². The monoisotopic (exact) mass is 411 g/mol. The van der Waals surface area contributed by atoms with E-state index < -0.39 is 18.3 Å². The number of hydrogen-bond acceptors (Lipinski definition) is 5. The molecule has 0 bridgehead atoms. The van der Waals surface area contributed by atoms with Crippen molar-refractivity contribution in [2.45, 2.75) is 31.9 Å². The number of para-hydroxylation sites is 1. The van der Waals surface area contributed by atoms with Crippen LogP contribution >= 0.6 is 0 Å². The summed E-state index contributed by atoms with van der Waals surface area (Å²) in [5, 5.41) is 5.29. The molecule has 1 aliphatic rings. The molecule has 3 rings (SSSR count). The van der Waals surface area contributed by atoms with Crippen molar-refractivity contribution in [2.75, 3.05) is 13.1 Å². The third kappa shape index (κ3) is 5.98. The van der Waals surface area contributed by atoms with Gasteiger partial charge in [0.05, 0.1) is 25.0 Å². The van der Waals surface area contributed by atoms with E-state index in [1.165, 1.54) is 24.5 Å². The van der Waals surface area contributed by atoms with Gasteiger partial charge in [-0.2, -0.15) is 0 Å². The van der Waals surface area contributed by atoms with Crippen molar-refractivity contribution in [2.24, 2.45) is 0 Å². The Labute approximate surface area is 164 Å². The molecule has 1 aliphatic heterocycles. The Morgan fingerprint density at radius 3 is 2.83 bits per heavy atom. The predicted molar refractivity (Wildman–Crippen MR) is 95.5 cm³/mol. The van der Waals surface area contributed by atoms with Crippen LogP contribution in [0, 0.1) is 0 Å². The van der Waals surface area contributed by atoms with E-state index in [-0.39, 0.29) is 30.2 Å². The van der Waals surface area contributed by atoms with Crippen molar-refractivity contribution in [1.29, 1.82) is 0 Å². The summed E-state index contributed by atoms with van der Waals surface area (Å²) in [6.45, 7) is 1.33. The summed E-state index contributed by atoms with van der Waals surface area (Å²) in [6, 6.07) is 6.66. The molecule has 1 unspecified atom stereocenters. The molecule has 2 aromatic rings. The molecule has 0 spiro atoms. The summed E-state index contributed by atoms with van der Waals surface area (Å²) in [7, 11) is 0. The maximum Gasteiger partial charge on any atom is 0.573 e. The summed E-state index contributed by atoms with van der Waals surface area (Å²) in [6.07, 6.45) is -1.84. The zero-order valence-electron chi connectivity index (χ0n) is 15.4. The third-order valence-electron chi connectivity index (χ3n) is 4.46. The standard InChI is InChI=1S/C19H20F3N3O4/c20-19(21,22)29-16-4-2-1-3-14(16)10-24-17(26)9-15-18(27)23-6-7-25(15)11-13-5-8-28-12-13/h1-5,8,12,15H,6-7,9-11H2,(H,23,27)(H,24,26). The number of nitrogens with one attached hydrogen (secondary N) is 2. The van der Waals surface area contributed by atoms with Crippen LogP contribution in [-0.2, 0) is 22.7 Å². The van der Waals surface area contributed by atoms with Gasteiger partial charge in [0.15, 0.2) is 0 Å². The van der Waals surface area contributed by atoms with Gasteiger partial charge in [0.2, 0.25) is 11.8 Å². The molecule has 0 radical (unpaired) electrons. The van der Waals surface area contributed by atoms with E-state index in [0.29, 0.717) is 19.6 Å². The predicted octanol–water partition coefficient (Wildman–Crippen LogP) is 2.19. The van der Waals surface area contributed by atoms with Gasteiger partial charge in [-0.1, -0.05) is 18.2 Å². The molecule has 1 saturated heterocycles. The first-order chi connectivity index (χ1) is 13.8. The molecule has 2 heterocycles. The van der Waals surface area contributed by atoms with Gasteiger partial charge in [0.1, 0.15) is 5.75 Å². The van der Waals surface area contributed by atoms with Crippen molar-refractivity contribution in [1.82, 2.24) is 15.5 Å². The highest BCUT2D eigenvalue weighted by Gasteiger charge is 2.33. The minimum absolute atomic E-state index is 0.119. The van der Waals surface area contributed by atoms with Crippen LogP contribution in [0.3, 0.4) is 0 Å². The Kier molecular flexibility index (Phi) is 6.42. The summed E-state index contributed by atoms with van der Waals surface area (Å²) >= 11 is 0. The summed E-state index contributed by atoms with van der Waals surface area (Å²) in [5.74, 6) is -1.10. The number of hydrogen-bond donors (Lipinski definition) is 2. The highest BCUT2D eigenvalue weighted by atomic mass is 19.4. The molecule has 1 aromatic carbocycles. The first-order valence-corrected chi connectivity index (χ1v) is 8.95. The molecule has 156 valence electrons. The lowest BCUT2D eigenvalue weighted by Crippen LogP contribution is -2.56. The fourth-order valence-corrected chi connectivity index (χ4v) is 3.11. The second kappa shape index (κ2) is 8.99. The first-order valence-electron chi connectivity index (χ1n) is 8.95. The van der Waals surface area contributed by atoms with Gasteiger partial charge in [-0.05, 0) is 12.1 Å². The lowest BCUT2D eigenvalue weighted by molar-refractivity contribution is -0.274. The van der Waals surface area contributed by atoms with Crippen LogP contribution in [0.15, 0.2) is 47.3 Å². The highest BCUT2D eigenvalue weighted by Crippen LogP contribution is 2.26. The van der Waals surface area contributed by atoms with Crippen LogP contribution in [0.25, 0.3) is 0 Å². The highest BCUT2D eigenvalue weighted by molar-refractivity contribution is 5.88. The number of carbonyl (C=O) groups is 2. The maximum absolute atomic E-state index is 12.5. The zero-order chi connectivity index (χ0) is 20.9. The molecule has 29 heavy (non-hydrogen) atoms. The molecule has 0 saturated carbocycles. The minimum atomic E-state index is -4.83. The first kappa shape index (κ1) is 20.7. The molecule has 2 N–H and O–H groups in total. The normalized spacial score (nSPS) is 17.6. The van der Waals surface area contributed by atoms with Gasteiger partial charge in [-0.3, -0.25) is 14.5 Å². The third-order valence-corrected chi connectivity index (χ3v) is 4.46. The number of ether oxygens (including phenoxy) is 1. The van der Waals surface area contributed by atoms with Gasteiger partial charge in [-0.25, -0.2) is 0 Å². The van der Waals surface area contributed by atoms with Crippen LogP contribution in [0.4, 0.5) is 13.2 Å². The summed E-state index contributed by atoms with van der Waals surface area (Å²) < 4.78 is 46.5. The summed E-state index contributed by atoms with van der Waals surface area (Å²) in [4.78, 5) is 26.5. The Hall–Kier alpha value is -3.01. The average molecular weight is 411 g/mol. The fourth-order valence-electron chi connectivity index (χ4n) is 3.11. The number of alkyl halides is 3. The van der Waals surface area contributed by atoms with Gasteiger partial charge < -0.3 is 19.8 Å². The Bertz CT molecular complexity index is 839. The van der Waals surface area contributed by atoms with Crippen molar-refractivity contribution in [3.8, 4) is 5.75 Å². The van der Waals surface area contributed by atoms with Crippen LogP contribution < -0.4 is 15.4 Å². The number of nitrogens with zero attached hydrogens (tertiary/aromatic N) is 1. The molecule has 10 heteroatoms. The Morgan fingerprint density at radius 1 is 1.31 bits per heavy atom. The van der Waals surface area contributed by atoms with E-state index in [9.17, 15) is 22.8 Å². The molecule has 1 fully saturated rings. The largest absolute Gasteiger partial charge is 0.573 e. The lowest BCUT2D eigenvalue weighted by atomic mass is 10.1. The molecule has 1 aromatic heterocycles. The molecule has 1 atom stereocenters. The van der Waals surface area contributed by atoms with Crippen LogP contribution in [0.2, 0.25) is 0 Å². The van der Waals surface area contributed by atoms with Crippen molar-refractivity contribution >= 4 is 11.8 Å². The quantitative estimate of drug-likeness (QED) is 0.730. The second-order valence-corrected chi connectivity index (χ2v) is 6.55. The van der Waals surface area contributed by atoms with E-state index in [2.05, 4.69) is 15.4 Å². The average Bonchev–Trinajstić information content (AvgIpc) is 3.16. The van der Waals surface area contributed by atoms with E-state index in [1.807, 2.05) is 4.90 Å². The van der Waals surface area contributed by atoms with Gasteiger partial charge in [-0.15, -0.1) is 13.2 Å². The smallest absolute Gasteiger partial charge is 0.472 e. The number of furan rings is 1. The maximum atomic E-state index is 12.5. The minimum Gasteiger partial charge on any atom is -0.472 e. The van der Waals surface area contributed by atoms with E-state index >= 15 is 0 Å². The molecule has 2 amide bonds. The number of rotatable bonds is 7. The summed E-state index contributed by atoms with van der Waals surface area (Å²) in [5.41, 5.74) is 1.06. The van der Waals surface area contributed by atoms with Crippen molar-refractivity contribution in [3.05, 3.63) is 54.0 Å². The lowest BCUT2D eigenvalue weighted by Gasteiger charge is -2.34. The van der Waals surface area contributed by atoms with Crippen molar-refractivity contribution in [3.63, 3.8) is 0 Å². The molecular weight excluding hydrogens is 391 g/mol. The van der Waals surface area contributed by atoms with E-state index in [0.717, 1.165) is 5.56 Å². The number of amides is 2. The molecular formula is C19H20F3N3O4. The number of benzene rings is 1. The van der Waals surface area contributed by atoms with Crippen LogP contribution in [-0.4, -0.2) is 42.2 Å². The van der Waals surface area contributed by atoms with Gasteiger partial charge >= 0.3 is 6.36 Å². The van der Waals surface area contributed by atoms with E-state index in [1.54, 1.807) is 18.4 Å². The Morgan fingerprint density at radius 2 is 2.10 bits per heavy atom. The SMILES string of the molecule is O=C(CC1C(=O)NCCN1Cc1ccoc1)NCc1ccccc1OC(F)(F)F. The van der Waals surface area contributed by atoms with Gasteiger partial charge in [0.25, 0.3) is 0 Å². The number of piperazine rings is 1. The number of halogens is 3. The fraction of sp³-hybridized carbons (Fsp3) is 0.368. The molecule has 0 aliphatic carbocycles. The van der Waals surface area contributed by atoms with Gasteiger partial charge in [0, 0.05) is 37.3 Å². The van der Waals surface area contributed by atoms with Crippen LogP contribution in [0.1, 0.15) is 17.5 Å². The topological polar surface area (TPSA) is 83.8 Å². The molecule has 7 nitrogen and oxygen atoms in total.